The first-order valence-corrected chi connectivity index (χ1v) is 11.8. The molecule has 2 amide bonds. The largest absolute Gasteiger partial charge is 0.468 e. The number of amides is 2. The van der Waals surface area contributed by atoms with Gasteiger partial charge in [-0.3, -0.25) is 14.4 Å². The van der Waals surface area contributed by atoms with E-state index in [0.29, 0.717) is 13.0 Å². The summed E-state index contributed by atoms with van der Waals surface area (Å²) in [4.78, 5) is 41.3. The lowest BCUT2D eigenvalue weighted by atomic mass is 9.69. The first kappa shape index (κ1) is 23.6. The lowest BCUT2D eigenvalue weighted by Gasteiger charge is -2.46. The number of nitrogens with zero attached hydrogens (tertiary/aromatic N) is 1. The van der Waals surface area contributed by atoms with Crippen molar-refractivity contribution in [3.05, 3.63) is 59.8 Å². The molecule has 2 aliphatic rings. The van der Waals surface area contributed by atoms with Crippen LogP contribution in [0.3, 0.4) is 0 Å². The van der Waals surface area contributed by atoms with Gasteiger partial charge in [0.15, 0.2) is 0 Å². The first-order valence-electron chi connectivity index (χ1n) is 11.8. The van der Waals surface area contributed by atoms with E-state index >= 15 is 0 Å². The smallest absolute Gasteiger partial charge is 0.317 e. The van der Waals surface area contributed by atoms with Crippen molar-refractivity contribution in [1.29, 1.82) is 0 Å². The van der Waals surface area contributed by atoms with Crippen molar-refractivity contribution >= 4 is 28.6 Å². The summed E-state index contributed by atoms with van der Waals surface area (Å²) >= 11 is 0. The van der Waals surface area contributed by atoms with Gasteiger partial charge >= 0.3 is 5.97 Å². The van der Waals surface area contributed by atoms with E-state index in [1.165, 1.54) is 7.11 Å². The van der Waals surface area contributed by atoms with Gasteiger partial charge < -0.3 is 15.0 Å². The summed E-state index contributed by atoms with van der Waals surface area (Å²) in [5.41, 5.74) is 0.767. The third-order valence-electron chi connectivity index (χ3n) is 6.99. The van der Waals surface area contributed by atoms with Crippen LogP contribution in [0.4, 0.5) is 0 Å². The number of piperidine rings is 1. The molecule has 1 fully saturated rings. The van der Waals surface area contributed by atoms with Gasteiger partial charge in [0, 0.05) is 18.0 Å². The number of esters is 1. The highest BCUT2D eigenvalue weighted by atomic mass is 16.5. The maximum Gasteiger partial charge on any atom is 0.317 e. The van der Waals surface area contributed by atoms with Gasteiger partial charge in [0.25, 0.3) is 0 Å². The molecular formula is C28H30N2O4. The molecular weight excluding hydrogens is 428 g/mol. The van der Waals surface area contributed by atoms with Gasteiger partial charge in [0.05, 0.1) is 20.2 Å². The van der Waals surface area contributed by atoms with E-state index in [-0.39, 0.29) is 37.2 Å². The number of methoxy groups -OCH3 is 1. The third-order valence-corrected chi connectivity index (χ3v) is 6.99. The fraction of sp³-hybridized carbons (Fsp3) is 0.393. The molecule has 6 nitrogen and oxygen atoms in total. The van der Waals surface area contributed by atoms with Gasteiger partial charge in [-0.25, -0.2) is 0 Å². The highest BCUT2D eigenvalue weighted by Crippen LogP contribution is 2.49. The minimum absolute atomic E-state index is 0.0153. The summed E-state index contributed by atoms with van der Waals surface area (Å²) in [5, 5.41) is 4.80. The zero-order valence-corrected chi connectivity index (χ0v) is 19.5. The molecule has 0 bridgehead atoms. The molecule has 6 heteroatoms. The van der Waals surface area contributed by atoms with Crippen molar-refractivity contribution in [1.82, 2.24) is 10.2 Å². The fourth-order valence-electron chi connectivity index (χ4n) is 5.41. The number of ether oxygens (including phenoxy) is 1. The molecule has 34 heavy (non-hydrogen) atoms. The van der Waals surface area contributed by atoms with Crippen molar-refractivity contribution in [3.63, 3.8) is 0 Å². The molecule has 2 aromatic carbocycles. The van der Waals surface area contributed by atoms with Crippen molar-refractivity contribution in [2.75, 3.05) is 13.7 Å². The van der Waals surface area contributed by atoms with Crippen LogP contribution < -0.4 is 5.32 Å². The van der Waals surface area contributed by atoms with Crippen LogP contribution in [0, 0.1) is 23.7 Å². The van der Waals surface area contributed by atoms with Gasteiger partial charge in [-0.05, 0) is 42.0 Å². The van der Waals surface area contributed by atoms with Crippen LogP contribution in [-0.4, -0.2) is 36.3 Å². The Morgan fingerprint density at radius 3 is 2.79 bits per heavy atom. The van der Waals surface area contributed by atoms with E-state index < -0.39 is 11.3 Å². The molecule has 2 atom stereocenters. The number of fused-ring (bicyclic) bond motifs is 2. The maximum atomic E-state index is 13.8. The molecule has 2 aromatic rings. The second-order valence-electron chi connectivity index (χ2n) is 9.06. The van der Waals surface area contributed by atoms with Gasteiger partial charge in [0.2, 0.25) is 11.8 Å². The standard InChI is InChI=1S/C28H30N2O4/c1-3-16-29-25(31)17-22-18-28(27(33)34-2)15-8-4-5-14-24(28)30(26(22)32)19-21-12-9-11-20-10-6-7-13-23(20)21/h1,6-7,9-14,22H,4-5,8,15-19H2,2H3,(H,29,31)/t22-,28+/m1/s1. The summed E-state index contributed by atoms with van der Waals surface area (Å²) in [6.45, 7) is 0.431. The van der Waals surface area contributed by atoms with Gasteiger partial charge in [-0.2, -0.15) is 0 Å². The van der Waals surface area contributed by atoms with E-state index in [1.807, 2.05) is 48.5 Å². The Morgan fingerprint density at radius 2 is 2.00 bits per heavy atom. The van der Waals surface area contributed by atoms with E-state index in [1.54, 1.807) is 4.90 Å². The Labute approximate surface area is 200 Å². The van der Waals surface area contributed by atoms with Crippen LogP contribution in [0.15, 0.2) is 54.2 Å². The molecule has 4 rings (SSSR count). The number of hydrogen-bond donors (Lipinski definition) is 1. The second-order valence-corrected chi connectivity index (χ2v) is 9.06. The van der Waals surface area contributed by atoms with E-state index in [9.17, 15) is 14.4 Å². The number of rotatable bonds is 6. The molecule has 0 spiro atoms. The number of terminal acetylenes is 1. The molecule has 0 unspecified atom stereocenters. The van der Waals surface area contributed by atoms with Crippen molar-refractivity contribution in [3.8, 4) is 12.3 Å². The fourth-order valence-corrected chi connectivity index (χ4v) is 5.41. The van der Waals surface area contributed by atoms with Crippen LogP contribution in [0.5, 0.6) is 0 Å². The average Bonchev–Trinajstić information content (AvgIpc) is 3.08. The lowest BCUT2D eigenvalue weighted by Crippen LogP contribution is -2.53. The summed E-state index contributed by atoms with van der Waals surface area (Å²) in [6, 6.07) is 14.1. The first-order chi connectivity index (χ1) is 16.5. The lowest BCUT2D eigenvalue weighted by molar-refractivity contribution is -0.159. The number of allylic oxidation sites excluding steroid dienone is 1. The number of likely N-dealkylation sites (tertiary alicyclic amines) is 1. The minimum atomic E-state index is -0.944. The maximum absolute atomic E-state index is 13.8. The zero-order valence-electron chi connectivity index (χ0n) is 19.5. The molecule has 0 radical (unpaired) electrons. The Kier molecular flexibility index (Phi) is 7.02. The molecule has 0 aromatic heterocycles. The van der Waals surface area contributed by atoms with E-state index in [2.05, 4.69) is 11.2 Å². The molecule has 0 saturated carbocycles. The number of carbonyl (C=O) groups excluding carboxylic acids is 3. The molecule has 176 valence electrons. The SMILES string of the molecule is C#CCNC(=O)C[C@@H]1C[C@@]2(C(=O)OC)CCCCC=C2N(Cc2cccc3ccccc23)C1=O. The van der Waals surface area contributed by atoms with Gasteiger partial charge in [-0.15, -0.1) is 6.42 Å². The summed E-state index contributed by atoms with van der Waals surface area (Å²) in [6.07, 6.45) is 10.7. The van der Waals surface area contributed by atoms with Crippen molar-refractivity contribution < 1.29 is 19.1 Å². The number of carbonyl (C=O) groups is 3. The van der Waals surface area contributed by atoms with Crippen LogP contribution in [0.25, 0.3) is 10.8 Å². The number of hydrogen-bond acceptors (Lipinski definition) is 4. The minimum Gasteiger partial charge on any atom is -0.468 e. The predicted molar refractivity (Wildman–Crippen MR) is 130 cm³/mol. The third kappa shape index (κ3) is 4.43. The Bertz CT molecular complexity index is 1170. The van der Waals surface area contributed by atoms with Crippen LogP contribution >= 0.6 is 0 Å². The van der Waals surface area contributed by atoms with Crippen molar-refractivity contribution in [2.24, 2.45) is 11.3 Å². The highest BCUT2D eigenvalue weighted by Gasteiger charge is 2.53. The number of benzene rings is 2. The Balaban J connectivity index is 1.77. The Morgan fingerprint density at radius 1 is 1.21 bits per heavy atom. The molecule has 1 aliphatic carbocycles. The summed E-state index contributed by atoms with van der Waals surface area (Å²) in [7, 11) is 1.39. The number of nitrogens with one attached hydrogen (secondary N) is 1. The van der Waals surface area contributed by atoms with E-state index in [4.69, 9.17) is 11.2 Å². The summed E-state index contributed by atoms with van der Waals surface area (Å²) < 4.78 is 5.28. The van der Waals surface area contributed by atoms with E-state index in [0.717, 1.165) is 41.3 Å². The molecule has 1 aliphatic heterocycles. The average molecular weight is 459 g/mol. The normalized spacial score (nSPS) is 22.2. The van der Waals surface area contributed by atoms with Crippen LogP contribution in [-0.2, 0) is 25.7 Å². The van der Waals surface area contributed by atoms with Crippen molar-refractivity contribution in [2.45, 2.75) is 45.1 Å². The van der Waals surface area contributed by atoms with Crippen LogP contribution in [0.1, 0.15) is 44.1 Å². The topological polar surface area (TPSA) is 75.7 Å². The summed E-state index contributed by atoms with van der Waals surface area (Å²) in [5.74, 6) is 0.972. The second kappa shape index (κ2) is 10.1. The Hall–Kier alpha value is -3.59. The molecule has 1 N–H and O–H groups in total. The van der Waals surface area contributed by atoms with Gasteiger partial charge in [0.1, 0.15) is 5.41 Å². The molecule has 1 saturated heterocycles. The quantitative estimate of drug-likeness (QED) is 0.526. The zero-order chi connectivity index (χ0) is 24.1. The monoisotopic (exact) mass is 458 g/mol. The molecule has 1 heterocycles. The highest BCUT2D eigenvalue weighted by molar-refractivity contribution is 5.93. The van der Waals surface area contributed by atoms with Gasteiger partial charge in [-0.1, -0.05) is 60.9 Å². The van der Waals surface area contributed by atoms with Crippen LogP contribution in [0.2, 0.25) is 0 Å². The predicted octanol–water partition coefficient (Wildman–Crippen LogP) is 3.95.